The maximum Gasteiger partial charge on any atom is 0.233 e. The molecule has 1 unspecified atom stereocenters. The molecule has 6 heteroatoms. The third kappa shape index (κ3) is 2.72. The van der Waals surface area contributed by atoms with Gasteiger partial charge in [-0.1, -0.05) is 29.3 Å². The Kier molecular flexibility index (Phi) is 4.01. The molecule has 0 fully saturated rings. The second-order valence-corrected chi connectivity index (χ2v) is 4.41. The van der Waals surface area contributed by atoms with Gasteiger partial charge in [0, 0.05) is 21.7 Å². The predicted octanol–water partition coefficient (Wildman–Crippen LogP) is 2.87. The predicted molar refractivity (Wildman–Crippen MR) is 69.1 cm³/mol. The standard InChI is InChI=1S/C12H10Cl2N2O2/c1-18-11-5-4-10(15-16-11)12(17)8-3-2-7(13)6-9(8)14/h2-6,12,17H,1H3. The Morgan fingerprint density at radius 1 is 1.17 bits per heavy atom. The van der Waals surface area contributed by atoms with Crippen molar-refractivity contribution in [3.8, 4) is 5.88 Å². The fourth-order valence-electron chi connectivity index (χ4n) is 1.47. The van der Waals surface area contributed by atoms with Crippen LogP contribution in [0.25, 0.3) is 0 Å². The quantitative estimate of drug-likeness (QED) is 0.942. The van der Waals surface area contributed by atoms with Crippen LogP contribution in [-0.2, 0) is 0 Å². The summed E-state index contributed by atoms with van der Waals surface area (Å²) in [5.41, 5.74) is 0.917. The molecule has 0 aliphatic carbocycles. The van der Waals surface area contributed by atoms with Gasteiger partial charge in [0.15, 0.2) is 0 Å². The van der Waals surface area contributed by atoms with Gasteiger partial charge < -0.3 is 9.84 Å². The zero-order chi connectivity index (χ0) is 13.1. The molecule has 0 aliphatic heterocycles. The fourth-order valence-corrected chi connectivity index (χ4v) is 1.98. The molecular weight excluding hydrogens is 275 g/mol. The van der Waals surface area contributed by atoms with Crippen LogP contribution in [0.3, 0.4) is 0 Å². The average Bonchev–Trinajstić information content (AvgIpc) is 2.38. The van der Waals surface area contributed by atoms with Crippen molar-refractivity contribution in [1.29, 1.82) is 0 Å². The van der Waals surface area contributed by atoms with E-state index >= 15 is 0 Å². The van der Waals surface area contributed by atoms with E-state index in [1.54, 1.807) is 30.3 Å². The molecule has 0 saturated carbocycles. The number of halogens is 2. The summed E-state index contributed by atoms with van der Waals surface area (Å²) in [4.78, 5) is 0. The first-order valence-electron chi connectivity index (χ1n) is 5.12. The van der Waals surface area contributed by atoms with Crippen molar-refractivity contribution in [3.05, 3.63) is 51.6 Å². The Balaban J connectivity index is 2.31. The maximum atomic E-state index is 10.2. The molecule has 0 bridgehead atoms. The number of hydrogen-bond donors (Lipinski definition) is 1. The van der Waals surface area contributed by atoms with E-state index in [0.29, 0.717) is 27.2 Å². The SMILES string of the molecule is COc1ccc(C(O)c2ccc(Cl)cc2Cl)nn1. The van der Waals surface area contributed by atoms with E-state index in [4.69, 9.17) is 27.9 Å². The zero-order valence-corrected chi connectivity index (χ0v) is 11.0. The molecule has 1 N–H and O–H groups in total. The Morgan fingerprint density at radius 3 is 2.50 bits per heavy atom. The molecule has 2 aromatic rings. The van der Waals surface area contributed by atoms with Crippen molar-refractivity contribution >= 4 is 23.2 Å². The summed E-state index contributed by atoms with van der Waals surface area (Å²) in [6.45, 7) is 0. The third-order valence-corrected chi connectivity index (χ3v) is 2.97. The minimum absolute atomic E-state index is 0.382. The van der Waals surface area contributed by atoms with Crippen LogP contribution in [-0.4, -0.2) is 22.4 Å². The highest BCUT2D eigenvalue weighted by atomic mass is 35.5. The smallest absolute Gasteiger partial charge is 0.233 e. The van der Waals surface area contributed by atoms with Gasteiger partial charge in [0.25, 0.3) is 0 Å². The lowest BCUT2D eigenvalue weighted by molar-refractivity contribution is 0.213. The van der Waals surface area contributed by atoms with E-state index in [1.807, 2.05) is 0 Å². The summed E-state index contributed by atoms with van der Waals surface area (Å²) in [6.07, 6.45) is -0.951. The number of aliphatic hydroxyl groups is 1. The molecule has 1 aromatic carbocycles. The van der Waals surface area contributed by atoms with Gasteiger partial charge >= 0.3 is 0 Å². The van der Waals surface area contributed by atoms with E-state index in [2.05, 4.69) is 10.2 Å². The summed E-state index contributed by atoms with van der Waals surface area (Å²) in [6, 6.07) is 8.12. The van der Waals surface area contributed by atoms with Crippen molar-refractivity contribution in [2.24, 2.45) is 0 Å². The van der Waals surface area contributed by atoms with Gasteiger partial charge in [0.1, 0.15) is 6.10 Å². The summed E-state index contributed by atoms with van der Waals surface area (Å²) in [5, 5.41) is 18.7. The number of methoxy groups -OCH3 is 1. The number of ether oxygens (including phenoxy) is 1. The largest absolute Gasteiger partial charge is 0.480 e. The number of nitrogens with zero attached hydrogens (tertiary/aromatic N) is 2. The fraction of sp³-hybridized carbons (Fsp3) is 0.167. The van der Waals surface area contributed by atoms with Gasteiger partial charge in [-0.05, 0) is 18.2 Å². The number of hydrogen-bond acceptors (Lipinski definition) is 4. The minimum Gasteiger partial charge on any atom is -0.480 e. The van der Waals surface area contributed by atoms with Crippen LogP contribution in [0.4, 0.5) is 0 Å². The average molecular weight is 285 g/mol. The lowest BCUT2D eigenvalue weighted by Crippen LogP contribution is -2.04. The number of aromatic nitrogens is 2. The van der Waals surface area contributed by atoms with Gasteiger partial charge in [-0.15, -0.1) is 10.2 Å². The summed E-state index contributed by atoms with van der Waals surface area (Å²) in [5.74, 6) is 0.383. The first-order valence-corrected chi connectivity index (χ1v) is 5.88. The molecule has 1 heterocycles. The minimum atomic E-state index is -0.951. The van der Waals surface area contributed by atoms with Gasteiger partial charge in [0.05, 0.1) is 12.8 Å². The molecule has 0 radical (unpaired) electrons. The molecule has 18 heavy (non-hydrogen) atoms. The zero-order valence-electron chi connectivity index (χ0n) is 9.47. The number of rotatable bonds is 3. The Bertz CT molecular complexity index is 546. The van der Waals surface area contributed by atoms with Crippen LogP contribution in [0, 0.1) is 0 Å². The molecule has 2 rings (SSSR count). The van der Waals surface area contributed by atoms with Gasteiger partial charge in [0.2, 0.25) is 5.88 Å². The summed E-state index contributed by atoms with van der Waals surface area (Å²) >= 11 is 11.8. The highest BCUT2D eigenvalue weighted by Crippen LogP contribution is 2.29. The molecule has 94 valence electrons. The second kappa shape index (κ2) is 5.52. The Hall–Kier alpha value is -1.36. The van der Waals surface area contributed by atoms with E-state index in [-0.39, 0.29) is 0 Å². The van der Waals surface area contributed by atoms with Crippen molar-refractivity contribution in [1.82, 2.24) is 10.2 Å². The molecule has 1 atom stereocenters. The van der Waals surface area contributed by atoms with Crippen molar-refractivity contribution in [3.63, 3.8) is 0 Å². The maximum absolute atomic E-state index is 10.2. The van der Waals surface area contributed by atoms with E-state index < -0.39 is 6.10 Å². The first kappa shape index (κ1) is 13.1. The molecule has 0 spiro atoms. The van der Waals surface area contributed by atoms with Crippen molar-refractivity contribution in [2.75, 3.05) is 7.11 Å². The van der Waals surface area contributed by atoms with E-state index in [9.17, 15) is 5.11 Å². The van der Waals surface area contributed by atoms with Gasteiger partial charge in [-0.25, -0.2) is 0 Å². The number of aliphatic hydroxyl groups excluding tert-OH is 1. The number of benzene rings is 1. The third-order valence-electron chi connectivity index (χ3n) is 2.41. The van der Waals surface area contributed by atoms with E-state index in [1.165, 1.54) is 7.11 Å². The lowest BCUT2D eigenvalue weighted by Gasteiger charge is -2.12. The Morgan fingerprint density at radius 2 is 1.94 bits per heavy atom. The van der Waals surface area contributed by atoms with Crippen LogP contribution < -0.4 is 4.74 Å². The van der Waals surface area contributed by atoms with Crippen molar-refractivity contribution < 1.29 is 9.84 Å². The molecular formula is C12H10Cl2N2O2. The molecule has 4 nitrogen and oxygen atoms in total. The molecule has 0 saturated heterocycles. The highest BCUT2D eigenvalue weighted by Gasteiger charge is 2.16. The lowest BCUT2D eigenvalue weighted by atomic mass is 10.1. The first-order chi connectivity index (χ1) is 8.61. The Labute approximate surface area is 114 Å². The van der Waals surface area contributed by atoms with Crippen LogP contribution in [0.2, 0.25) is 10.0 Å². The summed E-state index contributed by atoms with van der Waals surface area (Å²) < 4.78 is 4.90. The normalized spacial score (nSPS) is 12.2. The van der Waals surface area contributed by atoms with Crippen LogP contribution in [0.15, 0.2) is 30.3 Å². The van der Waals surface area contributed by atoms with Gasteiger partial charge in [-0.2, -0.15) is 0 Å². The monoisotopic (exact) mass is 284 g/mol. The van der Waals surface area contributed by atoms with E-state index in [0.717, 1.165) is 0 Å². The van der Waals surface area contributed by atoms with Crippen LogP contribution in [0.5, 0.6) is 5.88 Å². The molecule has 0 amide bonds. The van der Waals surface area contributed by atoms with Crippen LogP contribution in [0.1, 0.15) is 17.4 Å². The van der Waals surface area contributed by atoms with Crippen LogP contribution >= 0.6 is 23.2 Å². The highest BCUT2D eigenvalue weighted by molar-refractivity contribution is 6.35. The second-order valence-electron chi connectivity index (χ2n) is 3.57. The molecule has 1 aromatic heterocycles. The summed E-state index contributed by atoms with van der Waals surface area (Å²) in [7, 11) is 1.50. The van der Waals surface area contributed by atoms with Crippen molar-refractivity contribution in [2.45, 2.75) is 6.10 Å². The van der Waals surface area contributed by atoms with Gasteiger partial charge in [-0.3, -0.25) is 0 Å². The topological polar surface area (TPSA) is 55.2 Å². The molecule has 0 aliphatic rings.